The number of aliphatic hydroxyl groups is 1. The molecular formula is C9H12N2O3. The molecule has 76 valence electrons. The van der Waals surface area contributed by atoms with Crippen LogP contribution in [0, 0.1) is 6.92 Å². The number of hydrogen-bond acceptors (Lipinski definition) is 3. The number of nitrogens with zero attached hydrogens (tertiary/aromatic N) is 1. The number of aliphatic hydroxyl groups excluding tert-OH is 1. The van der Waals surface area contributed by atoms with E-state index in [9.17, 15) is 9.59 Å². The van der Waals surface area contributed by atoms with Gasteiger partial charge in [-0.2, -0.15) is 0 Å². The van der Waals surface area contributed by atoms with E-state index in [1.54, 1.807) is 13.0 Å². The summed E-state index contributed by atoms with van der Waals surface area (Å²) in [6, 6.07) is 0. The Morgan fingerprint density at radius 3 is 2.86 bits per heavy atom. The van der Waals surface area contributed by atoms with E-state index in [0.29, 0.717) is 12.1 Å². The van der Waals surface area contributed by atoms with Crippen molar-refractivity contribution < 1.29 is 5.11 Å². The zero-order chi connectivity index (χ0) is 10.6. The van der Waals surface area contributed by atoms with Crippen molar-refractivity contribution in [3.05, 3.63) is 44.8 Å². The molecule has 0 aromatic carbocycles. The maximum absolute atomic E-state index is 11.2. The lowest BCUT2D eigenvalue weighted by Crippen LogP contribution is -2.30. The summed E-state index contributed by atoms with van der Waals surface area (Å²) in [5, 5.41) is 8.48. The van der Waals surface area contributed by atoms with Crippen molar-refractivity contribution in [1.82, 2.24) is 9.55 Å². The summed E-state index contributed by atoms with van der Waals surface area (Å²) in [7, 11) is 0. The molecule has 0 saturated heterocycles. The number of H-pyrrole nitrogens is 1. The Bertz CT molecular complexity index is 442. The molecule has 0 saturated carbocycles. The van der Waals surface area contributed by atoms with Gasteiger partial charge in [-0.15, -0.1) is 0 Å². The third-order valence-corrected chi connectivity index (χ3v) is 1.76. The van der Waals surface area contributed by atoms with Gasteiger partial charge in [-0.3, -0.25) is 14.3 Å². The average molecular weight is 196 g/mol. The van der Waals surface area contributed by atoms with Gasteiger partial charge < -0.3 is 5.11 Å². The van der Waals surface area contributed by atoms with Crippen LogP contribution in [0.1, 0.15) is 5.56 Å². The Balaban J connectivity index is 2.99. The highest BCUT2D eigenvalue weighted by Gasteiger charge is 1.97. The maximum Gasteiger partial charge on any atom is 0.328 e. The van der Waals surface area contributed by atoms with E-state index in [-0.39, 0.29) is 12.2 Å². The lowest BCUT2D eigenvalue weighted by atomic mass is 10.4. The van der Waals surface area contributed by atoms with Crippen molar-refractivity contribution in [3.63, 3.8) is 0 Å². The second kappa shape index (κ2) is 4.57. The van der Waals surface area contributed by atoms with Crippen molar-refractivity contribution in [2.24, 2.45) is 0 Å². The Labute approximate surface area is 80.3 Å². The number of aromatic amines is 1. The minimum atomic E-state index is -0.441. The molecule has 0 spiro atoms. The standard InChI is InChI=1S/C9H12N2O3/c1-7-6-11(4-2-3-5-12)9(14)10-8(7)13/h2-3,6,12H,4-5H2,1H3,(H,10,13,14)/b3-2+. The number of hydrogen-bond donors (Lipinski definition) is 2. The van der Waals surface area contributed by atoms with Crippen LogP contribution >= 0.6 is 0 Å². The monoisotopic (exact) mass is 196 g/mol. The van der Waals surface area contributed by atoms with E-state index in [0.717, 1.165) is 0 Å². The lowest BCUT2D eigenvalue weighted by Gasteiger charge is -2.01. The fraction of sp³-hybridized carbons (Fsp3) is 0.333. The Morgan fingerprint density at radius 1 is 1.50 bits per heavy atom. The fourth-order valence-electron chi connectivity index (χ4n) is 1.02. The molecule has 1 aromatic rings. The van der Waals surface area contributed by atoms with Crippen molar-refractivity contribution in [2.45, 2.75) is 13.5 Å². The molecule has 1 heterocycles. The van der Waals surface area contributed by atoms with Crippen LogP contribution < -0.4 is 11.2 Å². The first-order valence-corrected chi connectivity index (χ1v) is 4.21. The second-order valence-electron chi connectivity index (χ2n) is 2.88. The predicted octanol–water partition coefficient (Wildman–Crippen LogP) is -0.606. The van der Waals surface area contributed by atoms with Crippen LogP contribution in [0.25, 0.3) is 0 Å². The smallest absolute Gasteiger partial charge is 0.328 e. The molecule has 1 aromatic heterocycles. The van der Waals surface area contributed by atoms with Crippen LogP contribution in [0.2, 0.25) is 0 Å². The number of allylic oxidation sites excluding steroid dienone is 1. The van der Waals surface area contributed by atoms with E-state index in [2.05, 4.69) is 4.98 Å². The highest BCUT2D eigenvalue weighted by atomic mass is 16.2. The van der Waals surface area contributed by atoms with Crippen molar-refractivity contribution in [3.8, 4) is 0 Å². The van der Waals surface area contributed by atoms with Crippen LogP contribution in [0.3, 0.4) is 0 Å². The normalized spacial score (nSPS) is 11.0. The molecule has 0 radical (unpaired) electrons. The molecular weight excluding hydrogens is 184 g/mol. The summed E-state index contributed by atoms with van der Waals surface area (Å²) in [5.74, 6) is 0. The quantitative estimate of drug-likeness (QED) is 0.633. The SMILES string of the molecule is Cc1cn(C/C=C/CO)c(=O)[nH]c1=O. The summed E-state index contributed by atoms with van der Waals surface area (Å²) in [5.41, 5.74) is -0.317. The number of rotatable bonds is 3. The number of aromatic nitrogens is 2. The van der Waals surface area contributed by atoms with Gasteiger partial charge in [0.2, 0.25) is 0 Å². The molecule has 0 amide bonds. The first-order chi connectivity index (χ1) is 6.65. The summed E-state index contributed by atoms with van der Waals surface area (Å²) in [4.78, 5) is 24.4. The first kappa shape index (κ1) is 10.5. The zero-order valence-corrected chi connectivity index (χ0v) is 7.86. The Morgan fingerprint density at radius 2 is 2.21 bits per heavy atom. The van der Waals surface area contributed by atoms with Gasteiger partial charge in [0.25, 0.3) is 5.56 Å². The molecule has 0 unspecified atom stereocenters. The van der Waals surface area contributed by atoms with Gasteiger partial charge >= 0.3 is 5.69 Å². The topological polar surface area (TPSA) is 75.1 Å². The molecule has 5 nitrogen and oxygen atoms in total. The molecule has 5 heteroatoms. The van der Waals surface area contributed by atoms with E-state index in [4.69, 9.17) is 5.11 Å². The first-order valence-electron chi connectivity index (χ1n) is 4.21. The van der Waals surface area contributed by atoms with Crippen molar-refractivity contribution >= 4 is 0 Å². The Kier molecular flexibility index (Phi) is 3.41. The molecule has 0 bridgehead atoms. The lowest BCUT2D eigenvalue weighted by molar-refractivity contribution is 0.342. The molecule has 0 aliphatic carbocycles. The molecule has 0 aliphatic rings. The Hall–Kier alpha value is -1.62. The molecule has 14 heavy (non-hydrogen) atoms. The van der Waals surface area contributed by atoms with Gasteiger partial charge in [0.05, 0.1) is 6.61 Å². The van der Waals surface area contributed by atoms with Crippen molar-refractivity contribution in [2.75, 3.05) is 6.61 Å². The highest BCUT2D eigenvalue weighted by Crippen LogP contribution is 1.85. The van der Waals surface area contributed by atoms with E-state index in [1.807, 2.05) is 0 Å². The van der Waals surface area contributed by atoms with Crippen LogP contribution in [0.4, 0.5) is 0 Å². The third-order valence-electron chi connectivity index (χ3n) is 1.76. The minimum absolute atomic E-state index is 0.0584. The summed E-state index contributed by atoms with van der Waals surface area (Å²) in [6.45, 7) is 1.92. The highest BCUT2D eigenvalue weighted by molar-refractivity contribution is 5.01. The molecule has 0 aliphatic heterocycles. The van der Waals surface area contributed by atoms with Crippen LogP contribution in [-0.2, 0) is 6.54 Å². The summed E-state index contributed by atoms with van der Waals surface area (Å²) in [6.07, 6.45) is 4.68. The number of aryl methyl sites for hydroxylation is 1. The largest absolute Gasteiger partial charge is 0.392 e. The predicted molar refractivity (Wildman–Crippen MR) is 52.3 cm³/mol. The zero-order valence-electron chi connectivity index (χ0n) is 7.86. The van der Waals surface area contributed by atoms with E-state index in [1.165, 1.54) is 16.8 Å². The van der Waals surface area contributed by atoms with E-state index >= 15 is 0 Å². The minimum Gasteiger partial charge on any atom is -0.392 e. The molecule has 0 atom stereocenters. The molecule has 0 fully saturated rings. The summed E-state index contributed by atoms with van der Waals surface area (Å²) < 4.78 is 1.36. The average Bonchev–Trinajstić information content (AvgIpc) is 2.14. The molecule has 1 rings (SSSR count). The second-order valence-corrected chi connectivity index (χ2v) is 2.88. The van der Waals surface area contributed by atoms with Crippen LogP contribution in [0.5, 0.6) is 0 Å². The van der Waals surface area contributed by atoms with Gasteiger partial charge in [-0.1, -0.05) is 12.2 Å². The van der Waals surface area contributed by atoms with Crippen LogP contribution in [-0.4, -0.2) is 21.3 Å². The third kappa shape index (κ3) is 2.43. The molecule has 2 N–H and O–H groups in total. The maximum atomic E-state index is 11.2. The van der Waals surface area contributed by atoms with E-state index < -0.39 is 5.69 Å². The number of nitrogens with one attached hydrogen (secondary N) is 1. The van der Waals surface area contributed by atoms with Crippen molar-refractivity contribution in [1.29, 1.82) is 0 Å². The van der Waals surface area contributed by atoms with Crippen LogP contribution in [0.15, 0.2) is 27.9 Å². The fourth-order valence-corrected chi connectivity index (χ4v) is 1.02. The summed E-state index contributed by atoms with van der Waals surface area (Å²) >= 11 is 0. The van der Waals surface area contributed by atoms with Gasteiger partial charge in [0, 0.05) is 18.3 Å². The van der Waals surface area contributed by atoms with Gasteiger partial charge in [0.15, 0.2) is 0 Å². The van der Waals surface area contributed by atoms with Gasteiger partial charge in [-0.25, -0.2) is 4.79 Å². The van der Waals surface area contributed by atoms with Gasteiger partial charge in [0.1, 0.15) is 0 Å². The van der Waals surface area contributed by atoms with Gasteiger partial charge in [-0.05, 0) is 6.92 Å².